The SMILES string of the molecule is O=C(NCc1ccccc1)Nc1ccc(-c2ccc(N3CCCC3)nn2)cc1. The summed E-state index contributed by atoms with van der Waals surface area (Å²) in [5, 5.41) is 14.4. The molecular formula is C22H23N5O. The van der Waals surface area contributed by atoms with Crippen molar-refractivity contribution in [2.24, 2.45) is 0 Å². The average Bonchev–Trinajstić information content (AvgIpc) is 3.29. The Morgan fingerprint density at radius 2 is 1.64 bits per heavy atom. The Morgan fingerprint density at radius 3 is 2.32 bits per heavy atom. The molecule has 4 rings (SSSR count). The molecule has 0 spiro atoms. The van der Waals surface area contributed by atoms with Crippen LogP contribution in [0, 0.1) is 0 Å². The Kier molecular flexibility index (Phi) is 5.47. The molecule has 28 heavy (non-hydrogen) atoms. The summed E-state index contributed by atoms with van der Waals surface area (Å²) in [6, 6.07) is 21.2. The third-order valence-electron chi connectivity index (χ3n) is 4.81. The molecule has 1 aliphatic rings. The van der Waals surface area contributed by atoms with Crippen LogP contribution in [-0.2, 0) is 6.54 Å². The van der Waals surface area contributed by atoms with E-state index in [4.69, 9.17) is 0 Å². The zero-order valence-corrected chi connectivity index (χ0v) is 15.6. The Labute approximate surface area is 164 Å². The largest absolute Gasteiger partial charge is 0.355 e. The fraction of sp³-hybridized carbons (Fsp3) is 0.227. The Hall–Kier alpha value is -3.41. The number of anilines is 2. The van der Waals surface area contributed by atoms with Crippen molar-refractivity contribution >= 4 is 17.5 Å². The third kappa shape index (κ3) is 4.46. The summed E-state index contributed by atoms with van der Waals surface area (Å²) in [4.78, 5) is 14.3. The third-order valence-corrected chi connectivity index (χ3v) is 4.81. The minimum absolute atomic E-state index is 0.230. The van der Waals surface area contributed by atoms with E-state index in [2.05, 4.69) is 25.7 Å². The number of hydrogen-bond donors (Lipinski definition) is 2. The summed E-state index contributed by atoms with van der Waals surface area (Å²) < 4.78 is 0. The van der Waals surface area contributed by atoms with Crippen LogP contribution in [0.1, 0.15) is 18.4 Å². The van der Waals surface area contributed by atoms with Crippen molar-refractivity contribution in [1.82, 2.24) is 15.5 Å². The molecule has 6 nitrogen and oxygen atoms in total. The van der Waals surface area contributed by atoms with E-state index in [1.54, 1.807) is 0 Å². The Balaban J connectivity index is 1.33. The fourth-order valence-corrected chi connectivity index (χ4v) is 3.27. The minimum atomic E-state index is -0.230. The molecule has 6 heteroatoms. The molecule has 2 aromatic carbocycles. The number of nitrogens with one attached hydrogen (secondary N) is 2. The van der Waals surface area contributed by atoms with E-state index in [1.165, 1.54) is 12.8 Å². The van der Waals surface area contributed by atoms with Crippen molar-refractivity contribution in [3.05, 3.63) is 72.3 Å². The first-order valence-electron chi connectivity index (χ1n) is 9.56. The number of rotatable bonds is 5. The molecule has 142 valence electrons. The first-order chi connectivity index (χ1) is 13.8. The van der Waals surface area contributed by atoms with Gasteiger partial charge in [0, 0.05) is 30.9 Å². The number of carbonyl (C=O) groups is 1. The van der Waals surface area contributed by atoms with E-state index in [0.29, 0.717) is 6.54 Å². The van der Waals surface area contributed by atoms with Gasteiger partial charge in [-0.2, -0.15) is 0 Å². The number of aromatic nitrogens is 2. The minimum Gasteiger partial charge on any atom is -0.355 e. The highest BCUT2D eigenvalue weighted by atomic mass is 16.2. The summed E-state index contributed by atoms with van der Waals surface area (Å²) >= 11 is 0. The lowest BCUT2D eigenvalue weighted by molar-refractivity contribution is 0.251. The molecule has 0 bridgehead atoms. The van der Waals surface area contributed by atoms with Crippen molar-refractivity contribution in [1.29, 1.82) is 0 Å². The molecule has 0 aliphatic carbocycles. The summed E-state index contributed by atoms with van der Waals surface area (Å²) in [5.41, 5.74) is 3.58. The second-order valence-corrected chi connectivity index (χ2v) is 6.84. The van der Waals surface area contributed by atoms with Crippen LogP contribution in [0.5, 0.6) is 0 Å². The van der Waals surface area contributed by atoms with Crippen molar-refractivity contribution in [2.75, 3.05) is 23.3 Å². The Morgan fingerprint density at radius 1 is 0.893 bits per heavy atom. The molecular weight excluding hydrogens is 350 g/mol. The standard InChI is InChI=1S/C22H23N5O/c28-22(23-16-17-6-2-1-3-7-17)24-19-10-8-18(9-11-19)20-12-13-21(26-25-20)27-14-4-5-15-27/h1-3,6-13H,4-5,14-16H2,(H2,23,24,28). The van der Waals surface area contributed by atoms with Crippen molar-refractivity contribution in [2.45, 2.75) is 19.4 Å². The van der Waals surface area contributed by atoms with Crippen LogP contribution in [-0.4, -0.2) is 29.3 Å². The van der Waals surface area contributed by atoms with Crippen LogP contribution in [0.15, 0.2) is 66.7 Å². The molecule has 0 unspecified atom stereocenters. The van der Waals surface area contributed by atoms with Gasteiger partial charge in [0.1, 0.15) is 0 Å². The van der Waals surface area contributed by atoms with Gasteiger partial charge < -0.3 is 15.5 Å². The summed E-state index contributed by atoms with van der Waals surface area (Å²) in [7, 11) is 0. The van der Waals surface area contributed by atoms with E-state index in [-0.39, 0.29) is 6.03 Å². The summed E-state index contributed by atoms with van der Waals surface area (Å²) in [5.74, 6) is 0.939. The average molecular weight is 373 g/mol. The normalized spacial score (nSPS) is 13.4. The van der Waals surface area contributed by atoms with Crippen LogP contribution in [0.3, 0.4) is 0 Å². The van der Waals surface area contributed by atoms with Gasteiger partial charge in [-0.1, -0.05) is 42.5 Å². The molecule has 0 saturated carbocycles. The zero-order valence-electron chi connectivity index (χ0n) is 15.6. The summed E-state index contributed by atoms with van der Waals surface area (Å²) in [6.45, 7) is 2.60. The lowest BCUT2D eigenvalue weighted by Crippen LogP contribution is -2.28. The first kappa shape index (κ1) is 18.0. The van der Waals surface area contributed by atoms with Gasteiger partial charge in [0.25, 0.3) is 0 Å². The highest BCUT2D eigenvalue weighted by molar-refractivity contribution is 5.89. The molecule has 1 saturated heterocycles. The smallest absolute Gasteiger partial charge is 0.319 e. The molecule has 0 radical (unpaired) electrons. The predicted octanol–water partition coefficient (Wildman–Crippen LogP) is 4.07. The maximum atomic E-state index is 12.1. The topological polar surface area (TPSA) is 70.2 Å². The van der Waals surface area contributed by atoms with E-state index < -0.39 is 0 Å². The fourth-order valence-electron chi connectivity index (χ4n) is 3.27. The van der Waals surface area contributed by atoms with Gasteiger partial charge in [-0.05, 0) is 42.7 Å². The molecule has 2 amide bonds. The molecule has 1 aliphatic heterocycles. The Bertz CT molecular complexity index is 904. The van der Waals surface area contributed by atoms with Crippen molar-refractivity contribution in [3.8, 4) is 11.3 Å². The van der Waals surface area contributed by atoms with Crippen molar-refractivity contribution in [3.63, 3.8) is 0 Å². The van der Waals surface area contributed by atoms with E-state index >= 15 is 0 Å². The van der Waals surface area contributed by atoms with E-state index in [0.717, 1.165) is 41.4 Å². The van der Waals surface area contributed by atoms with E-state index in [9.17, 15) is 4.79 Å². The number of urea groups is 1. The first-order valence-corrected chi connectivity index (χ1v) is 9.56. The summed E-state index contributed by atoms with van der Waals surface area (Å²) in [6.07, 6.45) is 2.44. The maximum Gasteiger partial charge on any atom is 0.319 e. The molecule has 2 N–H and O–H groups in total. The van der Waals surface area contributed by atoms with Gasteiger partial charge in [-0.15, -0.1) is 10.2 Å². The highest BCUT2D eigenvalue weighted by Gasteiger charge is 2.14. The lowest BCUT2D eigenvalue weighted by atomic mass is 10.1. The quantitative estimate of drug-likeness (QED) is 0.707. The van der Waals surface area contributed by atoms with Crippen LogP contribution >= 0.6 is 0 Å². The number of amides is 2. The van der Waals surface area contributed by atoms with Gasteiger partial charge in [-0.25, -0.2) is 4.79 Å². The molecule has 0 atom stereocenters. The monoisotopic (exact) mass is 373 g/mol. The highest BCUT2D eigenvalue weighted by Crippen LogP contribution is 2.22. The van der Waals surface area contributed by atoms with Crippen LogP contribution < -0.4 is 15.5 Å². The van der Waals surface area contributed by atoms with Crippen molar-refractivity contribution < 1.29 is 4.79 Å². The molecule has 1 aromatic heterocycles. The molecule has 1 fully saturated rings. The molecule has 2 heterocycles. The van der Waals surface area contributed by atoms with Gasteiger partial charge >= 0.3 is 6.03 Å². The number of benzene rings is 2. The van der Waals surface area contributed by atoms with Gasteiger partial charge in [0.15, 0.2) is 5.82 Å². The number of hydrogen-bond acceptors (Lipinski definition) is 4. The van der Waals surface area contributed by atoms with E-state index in [1.807, 2.05) is 66.7 Å². The number of carbonyl (C=O) groups excluding carboxylic acids is 1. The second-order valence-electron chi connectivity index (χ2n) is 6.84. The van der Waals surface area contributed by atoms with Gasteiger partial charge in [-0.3, -0.25) is 0 Å². The van der Waals surface area contributed by atoms with Crippen LogP contribution in [0.2, 0.25) is 0 Å². The number of nitrogens with zero attached hydrogens (tertiary/aromatic N) is 3. The van der Waals surface area contributed by atoms with Gasteiger partial charge in [0.2, 0.25) is 0 Å². The zero-order chi connectivity index (χ0) is 19.2. The van der Waals surface area contributed by atoms with Crippen LogP contribution in [0.4, 0.5) is 16.3 Å². The predicted molar refractivity (Wildman–Crippen MR) is 111 cm³/mol. The molecule has 3 aromatic rings. The second kappa shape index (κ2) is 8.52. The maximum absolute atomic E-state index is 12.1. The van der Waals surface area contributed by atoms with Gasteiger partial charge in [0.05, 0.1) is 5.69 Å². The lowest BCUT2D eigenvalue weighted by Gasteiger charge is -2.15. The van der Waals surface area contributed by atoms with Crippen LogP contribution in [0.25, 0.3) is 11.3 Å².